The van der Waals surface area contributed by atoms with E-state index in [0.29, 0.717) is 6.61 Å². The molecule has 0 aliphatic carbocycles. The minimum atomic E-state index is 0.381. The monoisotopic (exact) mass is 401 g/mol. The Bertz CT molecular complexity index is 916. The van der Waals surface area contributed by atoms with Crippen molar-refractivity contribution in [3.05, 3.63) is 69.5 Å². The van der Waals surface area contributed by atoms with Gasteiger partial charge in [-0.1, -0.05) is 47.6 Å². The van der Waals surface area contributed by atoms with E-state index >= 15 is 0 Å². The van der Waals surface area contributed by atoms with Gasteiger partial charge >= 0.3 is 0 Å². The highest BCUT2D eigenvalue weighted by Gasteiger charge is 2.13. The molecule has 3 aromatic rings. The molecule has 0 aliphatic rings. The number of benzene rings is 2. The van der Waals surface area contributed by atoms with Crippen molar-refractivity contribution in [1.82, 2.24) is 14.8 Å². The summed E-state index contributed by atoms with van der Waals surface area (Å²) in [5.74, 6) is 2.51. The molecule has 0 saturated heterocycles. The molecule has 142 valence electrons. The first-order valence-corrected chi connectivity index (χ1v) is 10.3. The first kappa shape index (κ1) is 19.8. The Labute approximate surface area is 169 Å². The maximum Gasteiger partial charge on any atom is 0.191 e. The second kappa shape index (κ2) is 8.81. The van der Waals surface area contributed by atoms with Gasteiger partial charge in [-0.05, 0) is 62.1 Å². The average Bonchev–Trinajstić information content (AvgIpc) is 3.05. The Balaban J connectivity index is 1.69. The highest BCUT2D eigenvalue weighted by molar-refractivity contribution is 7.98. The van der Waals surface area contributed by atoms with Crippen molar-refractivity contribution in [3.63, 3.8) is 0 Å². The molecule has 0 fully saturated rings. The van der Waals surface area contributed by atoms with Crippen LogP contribution in [0, 0.1) is 20.8 Å². The van der Waals surface area contributed by atoms with E-state index in [1.54, 1.807) is 11.8 Å². The van der Waals surface area contributed by atoms with E-state index in [0.717, 1.165) is 45.2 Å². The molecule has 3 rings (SSSR count). The van der Waals surface area contributed by atoms with Gasteiger partial charge < -0.3 is 9.30 Å². The number of hydrogen-bond donors (Lipinski definition) is 0. The van der Waals surface area contributed by atoms with Crippen molar-refractivity contribution in [2.45, 2.75) is 51.8 Å². The van der Waals surface area contributed by atoms with Gasteiger partial charge in [0, 0.05) is 17.3 Å². The quantitative estimate of drug-likeness (QED) is 0.472. The lowest BCUT2D eigenvalue weighted by Gasteiger charge is -2.11. The number of hydrogen-bond acceptors (Lipinski definition) is 4. The summed E-state index contributed by atoms with van der Waals surface area (Å²) in [6.45, 7) is 9.39. The topological polar surface area (TPSA) is 39.9 Å². The fourth-order valence-corrected chi connectivity index (χ4v) is 4.11. The SMILES string of the molecule is CCn1c(COc2cc(C)c(Cl)c(C)c2)nnc1SCc1ccccc1C. The predicted molar refractivity (Wildman–Crippen MR) is 112 cm³/mol. The molecule has 0 spiro atoms. The van der Waals surface area contributed by atoms with Crippen LogP contribution in [-0.4, -0.2) is 14.8 Å². The smallest absolute Gasteiger partial charge is 0.191 e. The van der Waals surface area contributed by atoms with Gasteiger partial charge in [-0.25, -0.2) is 0 Å². The molecule has 0 N–H and O–H groups in total. The summed E-state index contributed by atoms with van der Waals surface area (Å²) >= 11 is 7.93. The van der Waals surface area contributed by atoms with E-state index in [2.05, 4.69) is 52.9 Å². The van der Waals surface area contributed by atoms with Gasteiger partial charge in [0.2, 0.25) is 0 Å². The van der Waals surface area contributed by atoms with Crippen LogP contribution in [0.25, 0.3) is 0 Å². The highest BCUT2D eigenvalue weighted by Crippen LogP contribution is 2.27. The number of nitrogens with zero attached hydrogens (tertiary/aromatic N) is 3. The molecule has 0 atom stereocenters. The van der Waals surface area contributed by atoms with E-state index < -0.39 is 0 Å². The lowest BCUT2D eigenvalue weighted by Crippen LogP contribution is -2.07. The number of halogens is 1. The summed E-state index contributed by atoms with van der Waals surface area (Å²) in [4.78, 5) is 0. The molecule has 0 radical (unpaired) electrons. The van der Waals surface area contributed by atoms with E-state index in [1.165, 1.54) is 11.1 Å². The Morgan fingerprint density at radius 1 is 1.04 bits per heavy atom. The average molecular weight is 402 g/mol. The molecule has 27 heavy (non-hydrogen) atoms. The predicted octanol–water partition coefficient (Wildman–Crippen LogP) is 5.75. The van der Waals surface area contributed by atoms with E-state index in [4.69, 9.17) is 16.3 Å². The molecule has 1 heterocycles. The zero-order chi connectivity index (χ0) is 19.4. The first-order chi connectivity index (χ1) is 13.0. The van der Waals surface area contributed by atoms with Gasteiger partial charge in [0.25, 0.3) is 0 Å². The minimum absolute atomic E-state index is 0.381. The Hall–Kier alpha value is -1.98. The molecule has 6 heteroatoms. The first-order valence-electron chi connectivity index (χ1n) is 8.98. The third-order valence-electron chi connectivity index (χ3n) is 4.51. The summed E-state index contributed by atoms with van der Waals surface area (Å²) in [6, 6.07) is 12.3. The maximum absolute atomic E-state index is 6.23. The molecule has 0 aliphatic heterocycles. The summed E-state index contributed by atoms with van der Waals surface area (Å²) in [6.07, 6.45) is 0. The Kier molecular flexibility index (Phi) is 6.45. The van der Waals surface area contributed by atoms with Crippen LogP contribution in [0.1, 0.15) is 35.0 Å². The largest absolute Gasteiger partial charge is 0.486 e. The van der Waals surface area contributed by atoms with Crippen molar-refractivity contribution < 1.29 is 4.74 Å². The molecule has 4 nitrogen and oxygen atoms in total. The van der Waals surface area contributed by atoms with Crippen LogP contribution < -0.4 is 4.74 Å². The molecule has 0 amide bonds. The van der Waals surface area contributed by atoms with Gasteiger partial charge in [-0.3, -0.25) is 0 Å². The summed E-state index contributed by atoms with van der Waals surface area (Å²) < 4.78 is 8.06. The van der Waals surface area contributed by atoms with Crippen molar-refractivity contribution in [2.75, 3.05) is 0 Å². The van der Waals surface area contributed by atoms with Crippen LogP contribution in [-0.2, 0) is 18.9 Å². The molecule has 0 unspecified atom stereocenters. The van der Waals surface area contributed by atoms with E-state index in [9.17, 15) is 0 Å². The molecular weight excluding hydrogens is 378 g/mol. The van der Waals surface area contributed by atoms with Crippen LogP contribution in [0.15, 0.2) is 41.6 Å². The van der Waals surface area contributed by atoms with Crippen LogP contribution in [0.5, 0.6) is 5.75 Å². The van der Waals surface area contributed by atoms with Crippen LogP contribution >= 0.6 is 23.4 Å². The lowest BCUT2D eigenvalue weighted by molar-refractivity contribution is 0.288. The number of aryl methyl sites for hydroxylation is 3. The van der Waals surface area contributed by atoms with Crippen LogP contribution in [0.2, 0.25) is 5.02 Å². The maximum atomic E-state index is 6.23. The second-order valence-corrected chi connectivity index (χ2v) is 7.84. The fourth-order valence-electron chi connectivity index (χ4n) is 2.90. The number of aromatic nitrogens is 3. The van der Waals surface area contributed by atoms with Gasteiger partial charge in [0.15, 0.2) is 11.0 Å². The molecular formula is C21H24ClN3OS. The van der Waals surface area contributed by atoms with Crippen LogP contribution in [0.3, 0.4) is 0 Å². The molecule has 1 aromatic heterocycles. The lowest BCUT2D eigenvalue weighted by atomic mass is 10.1. The molecule has 0 bridgehead atoms. The van der Waals surface area contributed by atoms with Crippen molar-refractivity contribution in [1.29, 1.82) is 0 Å². The summed E-state index contributed by atoms with van der Waals surface area (Å²) in [7, 11) is 0. The van der Waals surface area contributed by atoms with Gasteiger partial charge in [0.1, 0.15) is 12.4 Å². The van der Waals surface area contributed by atoms with Crippen molar-refractivity contribution in [2.24, 2.45) is 0 Å². The van der Waals surface area contributed by atoms with Crippen molar-refractivity contribution >= 4 is 23.4 Å². The van der Waals surface area contributed by atoms with Gasteiger partial charge in [-0.2, -0.15) is 0 Å². The standard InChI is InChI=1S/C21H24ClN3OS/c1-5-25-19(12-26-18-10-15(3)20(22)16(4)11-18)23-24-21(25)27-13-17-9-7-6-8-14(17)2/h6-11H,5,12-13H2,1-4H3. The van der Waals surface area contributed by atoms with Gasteiger partial charge in [0.05, 0.1) is 0 Å². The minimum Gasteiger partial charge on any atom is -0.486 e. The normalized spacial score (nSPS) is 11.0. The van der Waals surface area contributed by atoms with E-state index in [-0.39, 0.29) is 0 Å². The number of thioether (sulfide) groups is 1. The molecule has 2 aromatic carbocycles. The third kappa shape index (κ3) is 4.66. The van der Waals surface area contributed by atoms with Gasteiger partial charge in [-0.15, -0.1) is 10.2 Å². The summed E-state index contributed by atoms with van der Waals surface area (Å²) in [5.41, 5.74) is 4.64. The Morgan fingerprint density at radius 2 is 1.74 bits per heavy atom. The molecule has 0 saturated carbocycles. The zero-order valence-corrected chi connectivity index (χ0v) is 17.7. The summed E-state index contributed by atoms with van der Waals surface area (Å²) in [5, 5.41) is 10.4. The third-order valence-corrected chi connectivity index (χ3v) is 6.12. The van der Waals surface area contributed by atoms with Crippen molar-refractivity contribution in [3.8, 4) is 5.75 Å². The zero-order valence-electron chi connectivity index (χ0n) is 16.1. The Morgan fingerprint density at radius 3 is 2.41 bits per heavy atom. The second-order valence-electron chi connectivity index (χ2n) is 6.52. The fraction of sp³-hybridized carbons (Fsp3) is 0.333. The number of rotatable bonds is 7. The number of ether oxygens (including phenoxy) is 1. The van der Waals surface area contributed by atoms with E-state index in [1.807, 2.05) is 26.0 Å². The van der Waals surface area contributed by atoms with Crippen LogP contribution in [0.4, 0.5) is 0 Å². The highest BCUT2D eigenvalue weighted by atomic mass is 35.5.